The number of nitriles is 1. The van der Waals surface area contributed by atoms with Crippen molar-refractivity contribution in [1.29, 1.82) is 5.26 Å². The standard InChI is InChI=1S/C10H7N5/c11-4-8-5-13-6-10(15-8)9-3-7(12)1-2-14-9/h1-3,5-6H,(H2,12,14). The molecule has 5 nitrogen and oxygen atoms in total. The molecule has 0 aliphatic heterocycles. The second-order valence-electron chi connectivity index (χ2n) is 2.88. The number of nitrogen functional groups attached to an aromatic ring is 1. The number of pyridine rings is 1. The van der Waals surface area contributed by atoms with Crippen LogP contribution >= 0.6 is 0 Å². The Labute approximate surface area is 86.2 Å². The van der Waals surface area contributed by atoms with E-state index < -0.39 is 0 Å². The van der Waals surface area contributed by atoms with Crippen molar-refractivity contribution in [3.05, 3.63) is 36.4 Å². The van der Waals surface area contributed by atoms with Crippen LogP contribution in [0.15, 0.2) is 30.7 Å². The van der Waals surface area contributed by atoms with E-state index in [0.717, 1.165) is 0 Å². The molecule has 2 heterocycles. The largest absolute Gasteiger partial charge is 0.399 e. The van der Waals surface area contributed by atoms with Crippen LogP contribution in [0.2, 0.25) is 0 Å². The summed E-state index contributed by atoms with van der Waals surface area (Å²) in [6.07, 6.45) is 4.53. The summed E-state index contributed by atoms with van der Waals surface area (Å²) in [6.45, 7) is 0. The minimum Gasteiger partial charge on any atom is -0.399 e. The highest BCUT2D eigenvalue weighted by molar-refractivity contribution is 5.58. The summed E-state index contributed by atoms with van der Waals surface area (Å²) >= 11 is 0. The number of hydrogen-bond acceptors (Lipinski definition) is 5. The van der Waals surface area contributed by atoms with Gasteiger partial charge in [-0.3, -0.25) is 9.97 Å². The molecule has 0 spiro atoms. The zero-order valence-electron chi connectivity index (χ0n) is 7.75. The third-order valence-electron chi connectivity index (χ3n) is 1.80. The van der Waals surface area contributed by atoms with Gasteiger partial charge in [-0.1, -0.05) is 0 Å². The van der Waals surface area contributed by atoms with Crippen LogP contribution in [0.5, 0.6) is 0 Å². The van der Waals surface area contributed by atoms with E-state index in [2.05, 4.69) is 15.0 Å². The Balaban J connectivity index is 2.50. The lowest BCUT2D eigenvalue weighted by Gasteiger charge is -1.99. The van der Waals surface area contributed by atoms with Gasteiger partial charge < -0.3 is 5.73 Å². The summed E-state index contributed by atoms with van der Waals surface area (Å²) in [5, 5.41) is 8.67. The lowest BCUT2D eigenvalue weighted by molar-refractivity contribution is 1.15. The number of nitrogens with two attached hydrogens (primary N) is 1. The molecular weight excluding hydrogens is 190 g/mol. The summed E-state index contributed by atoms with van der Waals surface area (Å²) in [4.78, 5) is 12.0. The zero-order chi connectivity index (χ0) is 10.7. The van der Waals surface area contributed by atoms with Gasteiger partial charge in [0.05, 0.1) is 18.1 Å². The average molecular weight is 197 g/mol. The summed E-state index contributed by atoms with van der Waals surface area (Å²) in [5.74, 6) is 0. The van der Waals surface area contributed by atoms with Crippen LogP contribution in [0, 0.1) is 11.3 Å². The van der Waals surface area contributed by atoms with Gasteiger partial charge in [0.15, 0.2) is 5.69 Å². The van der Waals surface area contributed by atoms with E-state index in [4.69, 9.17) is 11.0 Å². The molecule has 5 heteroatoms. The van der Waals surface area contributed by atoms with Crippen LogP contribution in [0.25, 0.3) is 11.4 Å². The van der Waals surface area contributed by atoms with Crippen LogP contribution in [-0.4, -0.2) is 15.0 Å². The van der Waals surface area contributed by atoms with E-state index in [9.17, 15) is 0 Å². The van der Waals surface area contributed by atoms with E-state index >= 15 is 0 Å². The van der Waals surface area contributed by atoms with Gasteiger partial charge in [0, 0.05) is 11.9 Å². The maximum absolute atomic E-state index is 8.67. The minimum atomic E-state index is 0.261. The molecule has 0 aliphatic carbocycles. The third kappa shape index (κ3) is 1.89. The van der Waals surface area contributed by atoms with Crippen LogP contribution in [-0.2, 0) is 0 Å². The van der Waals surface area contributed by atoms with Gasteiger partial charge in [0.1, 0.15) is 11.8 Å². The molecule has 2 aromatic rings. The summed E-state index contributed by atoms with van der Waals surface area (Å²) in [6, 6.07) is 5.29. The van der Waals surface area contributed by atoms with Crippen molar-refractivity contribution in [2.24, 2.45) is 0 Å². The molecule has 0 radical (unpaired) electrons. The van der Waals surface area contributed by atoms with Crippen molar-refractivity contribution in [2.75, 3.05) is 5.73 Å². The third-order valence-corrected chi connectivity index (χ3v) is 1.80. The molecule has 72 valence electrons. The molecule has 2 aromatic heterocycles. The molecule has 2 rings (SSSR count). The number of hydrogen-bond donors (Lipinski definition) is 1. The van der Waals surface area contributed by atoms with Gasteiger partial charge in [0.25, 0.3) is 0 Å². The molecule has 0 atom stereocenters. The van der Waals surface area contributed by atoms with Crippen molar-refractivity contribution in [3.8, 4) is 17.5 Å². The minimum absolute atomic E-state index is 0.261. The highest BCUT2D eigenvalue weighted by Gasteiger charge is 2.02. The zero-order valence-corrected chi connectivity index (χ0v) is 7.75. The Kier molecular flexibility index (Phi) is 2.25. The molecular formula is C10H7N5. The molecule has 0 saturated carbocycles. The van der Waals surface area contributed by atoms with Crippen molar-refractivity contribution >= 4 is 5.69 Å². The molecule has 0 aromatic carbocycles. The summed E-state index contributed by atoms with van der Waals surface area (Å²) in [7, 11) is 0. The van der Waals surface area contributed by atoms with E-state index in [0.29, 0.717) is 17.1 Å². The van der Waals surface area contributed by atoms with Gasteiger partial charge in [-0.15, -0.1) is 0 Å². The van der Waals surface area contributed by atoms with E-state index in [1.165, 1.54) is 6.20 Å². The fraction of sp³-hybridized carbons (Fsp3) is 0. The molecule has 15 heavy (non-hydrogen) atoms. The first-order valence-corrected chi connectivity index (χ1v) is 4.23. The smallest absolute Gasteiger partial charge is 0.159 e. The Morgan fingerprint density at radius 2 is 2.13 bits per heavy atom. The first-order valence-electron chi connectivity index (χ1n) is 4.23. The number of rotatable bonds is 1. The fourth-order valence-electron chi connectivity index (χ4n) is 1.13. The monoisotopic (exact) mass is 197 g/mol. The number of nitrogens with zero attached hydrogens (tertiary/aromatic N) is 4. The average Bonchev–Trinajstić information content (AvgIpc) is 2.29. The first-order chi connectivity index (χ1) is 7.29. The molecule has 0 saturated heterocycles. The topological polar surface area (TPSA) is 88.5 Å². The summed E-state index contributed by atoms with van der Waals surface area (Å²) < 4.78 is 0. The molecule has 0 bridgehead atoms. The quantitative estimate of drug-likeness (QED) is 0.736. The van der Waals surface area contributed by atoms with Crippen molar-refractivity contribution in [2.45, 2.75) is 0 Å². The van der Waals surface area contributed by atoms with E-state index in [1.807, 2.05) is 6.07 Å². The second kappa shape index (κ2) is 3.72. The Bertz CT molecular complexity index is 529. The van der Waals surface area contributed by atoms with Gasteiger partial charge in [-0.05, 0) is 12.1 Å². The van der Waals surface area contributed by atoms with Crippen LogP contribution in [0.4, 0.5) is 5.69 Å². The van der Waals surface area contributed by atoms with Gasteiger partial charge in [-0.2, -0.15) is 5.26 Å². The predicted octanol–water partition coefficient (Wildman–Crippen LogP) is 0.992. The van der Waals surface area contributed by atoms with Crippen molar-refractivity contribution < 1.29 is 0 Å². The molecule has 2 N–H and O–H groups in total. The SMILES string of the molecule is N#Cc1cncc(-c2cc(N)ccn2)n1. The molecule has 0 aliphatic rings. The number of anilines is 1. The predicted molar refractivity (Wildman–Crippen MR) is 54.4 cm³/mol. The fourth-order valence-corrected chi connectivity index (χ4v) is 1.13. The summed E-state index contributed by atoms with van der Waals surface area (Å²) in [5.41, 5.74) is 7.63. The maximum Gasteiger partial charge on any atom is 0.159 e. The molecule has 0 amide bonds. The Morgan fingerprint density at radius 3 is 2.87 bits per heavy atom. The number of aromatic nitrogens is 3. The van der Waals surface area contributed by atoms with E-state index in [-0.39, 0.29) is 5.69 Å². The normalized spacial score (nSPS) is 9.53. The highest BCUT2D eigenvalue weighted by atomic mass is 14.8. The molecule has 0 unspecified atom stereocenters. The van der Waals surface area contributed by atoms with Gasteiger partial charge in [0.2, 0.25) is 0 Å². The van der Waals surface area contributed by atoms with Crippen LogP contribution in [0.1, 0.15) is 5.69 Å². The second-order valence-corrected chi connectivity index (χ2v) is 2.88. The lowest BCUT2D eigenvalue weighted by atomic mass is 10.2. The van der Waals surface area contributed by atoms with Crippen molar-refractivity contribution in [1.82, 2.24) is 15.0 Å². The van der Waals surface area contributed by atoms with Crippen molar-refractivity contribution in [3.63, 3.8) is 0 Å². The van der Waals surface area contributed by atoms with E-state index in [1.54, 1.807) is 24.5 Å². The Hall–Kier alpha value is -2.48. The van der Waals surface area contributed by atoms with Gasteiger partial charge >= 0.3 is 0 Å². The first kappa shape index (κ1) is 9.09. The lowest BCUT2D eigenvalue weighted by Crippen LogP contribution is -1.93. The van der Waals surface area contributed by atoms with Crippen LogP contribution in [0.3, 0.4) is 0 Å². The van der Waals surface area contributed by atoms with Crippen LogP contribution < -0.4 is 5.73 Å². The maximum atomic E-state index is 8.67. The Morgan fingerprint density at radius 1 is 1.27 bits per heavy atom. The molecule has 0 fully saturated rings. The van der Waals surface area contributed by atoms with Gasteiger partial charge in [-0.25, -0.2) is 4.98 Å². The highest BCUT2D eigenvalue weighted by Crippen LogP contribution is 2.15.